The molecule has 126 valence electrons. The lowest BCUT2D eigenvalue weighted by molar-refractivity contribution is -0.134. The zero-order chi connectivity index (χ0) is 17.5. The van der Waals surface area contributed by atoms with Crippen LogP contribution in [0.1, 0.15) is 18.7 Å². The second-order valence-corrected chi connectivity index (χ2v) is 5.35. The van der Waals surface area contributed by atoms with Gasteiger partial charge < -0.3 is 20.1 Å². The first-order chi connectivity index (χ1) is 11.5. The summed E-state index contributed by atoms with van der Waals surface area (Å²) in [5.41, 5.74) is 4.04. The molecule has 1 aromatic carbocycles. The molecule has 1 aromatic heterocycles. The number of aliphatic carboxylic acids is 2. The average Bonchev–Trinajstić information content (AvgIpc) is 3.00. The van der Waals surface area contributed by atoms with Gasteiger partial charge in [0, 0.05) is 42.7 Å². The quantitative estimate of drug-likeness (QED) is 0.753. The van der Waals surface area contributed by atoms with Gasteiger partial charge in [-0.1, -0.05) is 30.3 Å². The van der Waals surface area contributed by atoms with E-state index >= 15 is 0 Å². The molecule has 3 rings (SSSR count). The van der Waals surface area contributed by atoms with E-state index in [9.17, 15) is 9.59 Å². The van der Waals surface area contributed by atoms with Crippen molar-refractivity contribution < 1.29 is 19.8 Å². The minimum Gasteiger partial charge on any atom is -0.478 e. The highest BCUT2D eigenvalue weighted by atomic mass is 16.4. The van der Waals surface area contributed by atoms with E-state index < -0.39 is 11.9 Å². The summed E-state index contributed by atoms with van der Waals surface area (Å²) in [4.78, 5) is 19.1. The molecule has 0 spiro atoms. The second-order valence-electron chi connectivity index (χ2n) is 5.35. The van der Waals surface area contributed by atoms with Crippen LogP contribution in [0, 0.1) is 0 Å². The van der Waals surface area contributed by atoms with Gasteiger partial charge in [0.15, 0.2) is 0 Å². The van der Waals surface area contributed by atoms with E-state index in [1.165, 1.54) is 17.0 Å². The molecule has 0 fully saturated rings. The van der Waals surface area contributed by atoms with Crippen molar-refractivity contribution >= 4 is 11.9 Å². The first kappa shape index (κ1) is 17.5. The third kappa shape index (κ3) is 4.57. The van der Waals surface area contributed by atoms with Crippen molar-refractivity contribution in [3.05, 3.63) is 60.3 Å². The highest BCUT2D eigenvalue weighted by Gasteiger charge is 2.18. The number of carbonyl (C=O) groups is 2. The summed E-state index contributed by atoms with van der Waals surface area (Å²) in [5, 5.41) is 19.1. The third-order valence-electron chi connectivity index (χ3n) is 3.68. The van der Waals surface area contributed by atoms with Crippen LogP contribution in [0.3, 0.4) is 0 Å². The Kier molecular flexibility index (Phi) is 5.92. The number of nitrogens with one attached hydrogen (secondary N) is 1. The molecule has 2 aromatic rings. The number of hydrogen-bond acceptors (Lipinski definition) is 3. The monoisotopic (exact) mass is 328 g/mol. The Labute approximate surface area is 140 Å². The van der Waals surface area contributed by atoms with Gasteiger partial charge in [-0.15, -0.1) is 0 Å². The van der Waals surface area contributed by atoms with Crippen molar-refractivity contribution in [1.29, 1.82) is 0 Å². The van der Waals surface area contributed by atoms with Crippen LogP contribution in [-0.4, -0.2) is 33.3 Å². The Hall–Kier alpha value is -2.86. The van der Waals surface area contributed by atoms with Gasteiger partial charge >= 0.3 is 11.9 Å². The molecule has 1 aliphatic heterocycles. The lowest BCUT2D eigenvalue weighted by atomic mass is 10.1. The summed E-state index contributed by atoms with van der Waals surface area (Å²) in [6.45, 7) is 4.35. The van der Waals surface area contributed by atoms with Gasteiger partial charge in [0.05, 0.1) is 0 Å². The van der Waals surface area contributed by atoms with Gasteiger partial charge in [0.2, 0.25) is 0 Å². The maximum Gasteiger partial charge on any atom is 0.328 e. The van der Waals surface area contributed by atoms with Crippen molar-refractivity contribution in [2.75, 3.05) is 6.54 Å². The molecule has 0 amide bonds. The van der Waals surface area contributed by atoms with Crippen LogP contribution in [-0.2, 0) is 16.1 Å². The number of fused-ring (bicyclic) bond motifs is 1. The third-order valence-corrected chi connectivity index (χ3v) is 3.68. The van der Waals surface area contributed by atoms with Crippen LogP contribution in [0.5, 0.6) is 0 Å². The minimum absolute atomic E-state index is 0.464. The Morgan fingerprint density at radius 3 is 2.29 bits per heavy atom. The number of carboxylic acids is 2. The van der Waals surface area contributed by atoms with E-state index in [-0.39, 0.29) is 0 Å². The van der Waals surface area contributed by atoms with Crippen LogP contribution in [0.25, 0.3) is 11.3 Å². The van der Waals surface area contributed by atoms with Gasteiger partial charge in [-0.05, 0) is 24.6 Å². The van der Waals surface area contributed by atoms with E-state index in [4.69, 9.17) is 10.2 Å². The molecule has 0 saturated heterocycles. The normalized spacial score (nSPS) is 16.1. The average molecular weight is 328 g/mol. The molecule has 2 heterocycles. The number of aromatic nitrogens is 1. The largest absolute Gasteiger partial charge is 0.478 e. The zero-order valence-electron chi connectivity index (χ0n) is 13.3. The molecule has 0 radical (unpaired) electrons. The number of carboxylic acid groups (broad SMARTS) is 2. The molecular weight excluding hydrogens is 308 g/mol. The summed E-state index contributed by atoms with van der Waals surface area (Å²) in [6, 6.07) is 15.5. The molecule has 3 N–H and O–H groups in total. The van der Waals surface area contributed by atoms with Crippen molar-refractivity contribution in [1.82, 2.24) is 9.88 Å². The van der Waals surface area contributed by atoms with Crippen molar-refractivity contribution in [3.8, 4) is 11.3 Å². The van der Waals surface area contributed by atoms with Crippen LogP contribution in [0.4, 0.5) is 0 Å². The molecular formula is C18H20N2O4. The number of nitrogens with zero attached hydrogens (tertiary/aromatic N) is 1. The van der Waals surface area contributed by atoms with Gasteiger partial charge in [-0.3, -0.25) is 0 Å². The lowest BCUT2D eigenvalue weighted by Gasteiger charge is -2.25. The van der Waals surface area contributed by atoms with Gasteiger partial charge in [0.25, 0.3) is 0 Å². The predicted molar refractivity (Wildman–Crippen MR) is 90.7 cm³/mol. The van der Waals surface area contributed by atoms with Gasteiger partial charge in [-0.25, -0.2) is 9.59 Å². The molecule has 24 heavy (non-hydrogen) atoms. The topological polar surface area (TPSA) is 91.6 Å². The first-order valence-corrected chi connectivity index (χ1v) is 7.61. The number of rotatable bonds is 3. The Balaban J connectivity index is 0.000000224. The maximum absolute atomic E-state index is 9.55. The Morgan fingerprint density at radius 2 is 1.71 bits per heavy atom. The van der Waals surface area contributed by atoms with Gasteiger partial charge in [-0.2, -0.15) is 0 Å². The van der Waals surface area contributed by atoms with Crippen LogP contribution in [0.15, 0.2) is 54.6 Å². The lowest BCUT2D eigenvalue weighted by Crippen LogP contribution is -2.31. The summed E-state index contributed by atoms with van der Waals surface area (Å²) < 4.78 is 2.43. The van der Waals surface area contributed by atoms with E-state index in [0.717, 1.165) is 13.1 Å². The summed E-state index contributed by atoms with van der Waals surface area (Å²) in [7, 11) is 0. The van der Waals surface area contributed by atoms with Crippen molar-refractivity contribution in [2.45, 2.75) is 19.5 Å². The number of hydrogen-bond donors (Lipinski definition) is 3. The summed E-state index contributed by atoms with van der Waals surface area (Å²) in [6.07, 6.45) is 1.12. The Bertz CT molecular complexity index is 719. The standard InChI is InChI=1S/C14H16N2.C4H4O4/c1-11-13-7-8-14(16(13)10-9-15-11)12-5-3-2-4-6-12;5-3(6)1-2-4(7)8/h2-8,11,15H,9-10H2,1H3;1-2H,(H,5,6)(H,7,8). The molecule has 6 heteroatoms. The van der Waals surface area contributed by atoms with E-state index in [1.807, 2.05) is 0 Å². The summed E-state index contributed by atoms with van der Waals surface area (Å²) >= 11 is 0. The highest BCUT2D eigenvalue weighted by molar-refractivity contribution is 5.89. The molecule has 0 bridgehead atoms. The number of benzene rings is 1. The van der Waals surface area contributed by atoms with Crippen LogP contribution < -0.4 is 5.32 Å². The minimum atomic E-state index is -1.26. The second kappa shape index (κ2) is 8.12. The zero-order valence-corrected chi connectivity index (χ0v) is 13.3. The summed E-state index contributed by atoms with van der Waals surface area (Å²) in [5.74, 6) is -2.51. The van der Waals surface area contributed by atoms with Crippen LogP contribution >= 0.6 is 0 Å². The highest BCUT2D eigenvalue weighted by Crippen LogP contribution is 2.27. The van der Waals surface area contributed by atoms with Crippen LogP contribution in [0.2, 0.25) is 0 Å². The molecule has 1 atom stereocenters. The predicted octanol–water partition coefficient (Wildman–Crippen LogP) is 2.53. The molecule has 1 unspecified atom stereocenters. The fourth-order valence-corrected chi connectivity index (χ4v) is 2.61. The van der Waals surface area contributed by atoms with Crippen molar-refractivity contribution in [2.24, 2.45) is 0 Å². The molecule has 6 nitrogen and oxygen atoms in total. The molecule has 0 saturated carbocycles. The van der Waals surface area contributed by atoms with E-state index in [0.29, 0.717) is 18.2 Å². The fraction of sp³-hybridized carbons (Fsp3) is 0.222. The SMILES string of the molecule is CC1NCCn2c(-c3ccccc3)ccc21.O=C(O)C=CC(=O)O. The fourth-order valence-electron chi connectivity index (χ4n) is 2.61. The van der Waals surface area contributed by atoms with Gasteiger partial charge in [0.1, 0.15) is 0 Å². The Morgan fingerprint density at radius 1 is 1.08 bits per heavy atom. The smallest absolute Gasteiger partial charge is 0.328 e. The first-order valence-electron chi connectivity index (χ1n) is 7.61. The van der Waals surface area contributed by atoms with E-state index in [2.05, 4.69) is 59.3 Å². The van der Waals surface area contributed by atoms with E-state index in [1.54, 1.807) is 0 Å². The maximum atomic E-state index is 9.55. The molecule has 1 aliphatic rings. The molecule has 0 aliphatic carbocycles. The van der Waals surface area contributed by atoms with Crippen molar-refractivity contribution in [3.63, 3.8) is 0 Å².